The van der Waals surface area contributed by atoms with E-state index in [2.05, 4.69) is 20.8 Å². The third-order valence-electron chi connectivity index (χ3n) is 3.85. The fraction of sp³-hybridized carbons (Fsp3) is 0.400. The van der Waals surface area contributed by atoms with Crippen LogP contribution in [0.5, 0.6) is 0 Å². The molecule has 3 N–H and O–H groups in total. The molecule has 0 aliphatic heterocycles. The summed E-state index contributed by atoms with van der Waals surface area (Å²) in [7, 11) is 0. The Kier molecular flexibility index (Phi) is 4.53. The molecule has 8 heteroatoms. The first-order valence-corrected chi connectivity index (χ1v) is 8.13. The molecule has 0 atom stereocenters. The summed E-state index contributed by atoms with van der Waals surface area (Å²) < 4.78 is 13.1. The molecule has 0 spiro atoms. The molecule has 6 nitrogen and oxygen atoms in total. The third-order valence-corrected chi connectivity index (χ3v) is 4.69. The highest BCUT2D eigenvalue weighted by molar-refractivity contribution is 7.15. The molecule has 0 bridgehead atoms. The number of hydrogen-bond donors (Lipinski definition) is 3. The lowest BCUT2D eigenvalue weighted by molar-refractivity contribution is 0.206. The lowest BCUT2D eigenvalue weighted by Crippen LogP contribution is -2.35. The van der Waals surface area contributed by atoms with Crippen molar-refractivity contribution in [1.29, 1.82) is 0 Å². The maximum absolute atomic E-state index is 13.1. The standard InChI is InChI=1S/C15H17FN4O2S/c16-11-3-1-2-10(6-11)7-12-19-20-14(23-12)18-13(22)17-8-15(9-21)4-5-15/h1-3,6,21H,4-5,7-9H2,(H2,17,18,20,22). The zero-order valence-electron chi connectivity index (χ0n) is 12.4. The van der Waals surface area contributed by atoms with E-state index in [-0.39, 0.29) is 23.9 Å². The zero-order valence-corrected chi connectivity index (χ0v) is 13.2. The van der Waals surface area contributed by atoms with Crippen LogP contribution in [0.2, 0.25) is 0 Å². The smallest absolute Gasteiger partial charge is 0.321 e. The fourth-order valence-electron chi connectivity index (χ4n) is 2.17. The summed E-state index contributed by atoms with van der Waals surface area (Å²) in [5.74, 6) is -0.289. The van der Waals surface area contributed by atoms with E-state index in [0.717, 1.165) is 18.4 Å². The maximum Gasteiger partial charge on any atom is 0.321 e. The molecule has 1 aromatic heterocycles. The first-order valence-electron chi connectivity index (χ1n) is 7.31. The summed E-state index contributed by atoms with van der Waals surface area (Å²) in [4.78, 5) is 11.8. The summed E-state index contributed by atoms with van der Waals surface area (Å²) in [6.45, 7) is 0.536. The summed E-state index contributed by atoms with van der Waals surface area (Å²) in [6, 6.07) is 5.94. The Morgan fingerprint density at radius 2 is 2.22 bits per heavy atom. The van der Waals surface area contributed by atoms with Crippen molar-refractivity contribution >= 4 is 22.5 Å². The maximum atomic E-state index is 13.1. The van der Waals surface area contributed by atoms with E-state index in [4.69, 9.17) is 0 Å². The van der Waals surface area contributed by atoms with Gasteiger partial charge in [0, 0.05) is 18.4 Å². The Hall–Kier alpha value is -2.06. The van der Waals surface area contributed by atoms with Gasteiger partial charge in [0.05, 0.1) is 6.61 Å². The van der Waals surface area contributed by atoms with Crippen LogP contribution >= 0.6 is 11.3 Å². The van der Waals surface area contributed by atoms with Gasteiger partial charge in [0.15, 0.2) is 0 Å². The first-order chi connectivity index (χ1) is 11.1. The summed E-state index contributed by atoms with van der Waals surface area (Å²) in [6.07, 6.45) is 2.33. The van der Waals surface area contributed by atoms with Gasteiger partial charge in [-0.3, -0.25) is 5.32 Å². The molecule has 1 fully saturated rings. The summed E-state index contributed by atoms with van der Waals surface area (Å²) in [5.41, 5.74) is 0.664. The van der Waals surface area contributed by atoms with Gasteiger partial charge in [0.2, 0.25) is 5.13 Å². The molecule has 3 rings (SSSR count). The predicted octanol–water partition coefficient (Wildman–Crippen LogP) is 2.16. The molecule has 0 unspecified atom stereocenters. The number of rotatable bonds is 6. The minimum absolute atomic E-state index is 0.0872. The summed E-state index contributed by atoms with van der Waals surface area (Å²) in [5, 5.41) is 23.5. The first kappa shape index (κ1) is 15.8. The van der Waals surface area contributed by atoms with Crippen LogP contribution in [-0.2, 0) is 6.42 Å². The van der Waals surface area contributed by atoms with Gasteiger partial charge in [-0.2, -0.15) is 0 Å². The molecule has 2 aromatic rings. The van der Waals surface area contributed by atoms with Gasteiger partial charge in [0.1, 0.15) is 10.8 Å². The number of carbonyl (C=O) groups excluding carboxylic acids is 1. The molecule has 1 aliphatic rings. The van der Waals surface area contributed by atoms with E-state index in [0.29, 0.717) is 23.1 Å². The van der Waals surface area contributed by atoms with Crippen LogP contribution in [0.15, 0.2) is 24.3 Å². The van der Waals surface area contributed by atoms with Gasteiger partial charge >= 0.3 is 6.03 Å². The Morgan fingerprint density at radius 3 is 2.91 bits per heavy atom. The Morgan fingerprint density at radius 1 is 1.39 bits per heavy atom. The highest BCUT2D eigenvalue weighted by atomic mass is 32.1. The molecule has 1 aliphatic carbocycles. The third kappa shape index (κ3) is 4.23. The number of hydrogen-bond acceptors (Lipinski definition) is 5. The van der Waals surface area contributed by atoms with Gasteiger partial charge in [0.25, 0.3) is 0 Å². The van der Waals surface area contributed by atoms with Crippen molar-refractivity contribution < 1.29 is 14.3 Å². The second kappa shape index (κ2) is 6.59. The SMILES string of the molecule is O=C(NCC1(CO)CC1)Nc1nnc(Cc2cccc(F)c2)s1. The van der Waals surface area contributed by atoms with Crippen molar-refractivity contribution in [2.45, 2.75) is 19.3 Å². The van der Waals surface area contributed by atoms with Crippen molar-refractivity contribution in [3.8, 4) is 0 Å². The van der Waals surface area contributed by atoms with E-state index in [1.165, 1.54) is 23.5 Å². The number of nitrogens with one attached hydrogen (secondary N) is 2. The number of amides is 2. The topological polar surface area (TPSA) is 87.1 Å². The second-order valence-electron chi connectivity index (χ2n) is 5.77. The molecule has 0 radical (unpaired) electrons. The minimum Gasteiger partial charge on any atom is -0.396 e. The number of aliphatic hydroxyl groups excluding tert-OH is 1. The molecule has 0 saturated heterocycles. The van der Waals surface area contributed by atoms with Crippen LogP contribution in [0.4, 0.5) is 14.3 Å². The second-order valence-corrected chi connectivity index (χ2v) is 6.84. The van der Waals surface area contributed by atoms with Crippen molar-refractivity contribution in [3.05, 3.63) is 40.7 Å². The van der Waals surface area contributed by atoms with E-state index < -0.39 is 0 Å². The fourth-order valence-corrected chi connectivity index (χ4v) is 2.94. The number of carbonyl (C=O) groups is 1. The number of benzene rings is 1. The monoisotopic (exact) mass is 336 g/mol. The quantitative estimate of drug-likeness (QED) is 0.754. The minimum atomic E-state index is -0.363. The van der Waals surface area contributed by atoms with E-state index >= 15 is 0 Å². The van der Waals surface area contributed by atoms with Crippen molar-refractivity contribution in [2.24, 2.45) is 5.41 Å². The number of nitrogens with zero attached hydrogens (tertiary/aromatic N) is 2. The molecular formula is C15H17FN4O2S. The van der Waals surface area contributed by atoms with Crippen molar-refractivity contribution in [3.63, 3.8) is 0 Å². The highest BCUT2D eigenvalue weighted by Gasteiger charge is 2.42. The molecular weight excluding hydrogens is 319 g/mol. The molecule has 23 heavy (non-hydrogen) atoms. The number of urea groups is 1. The van der Waals surface area contributed by atoms with Crippen LogP contribution in [-0.4, -0.2) is 34.5 Å². The van der Waals surface area contributed by atoms with E-state index in [1.807, 2.05) is 6.07 Å². The van der Waals surface area contributed by atoms with Crippen LogP contribution in [0.25, 0.3) is 0 Å². The van der Waals surface area contributed by atoms with Crippen LogP contribution in [0.3, 0.4) is 0 Å². The van der Waals surface area contributed by atoms with Gasteiger partial charge in [-0.15, -0.1) is 10.2 Å². The Balaban J connectivity index is 1.51. The zero-order chi connectivity index (χ0) is 16.3. The number of aromatic nitrogens is 2. The van der Waals surface area contributed by atoms with Gasteiger partial charge in [-0.25, -0.2) is 9.18 Å². The molecule has 1 aromatic carbocycles. The molecule has 122 valence electrons. The Bertz CT molecular complexity index is 702. The van der Waals surface area contributed by atoms with Crippen LogP contribution < -0.4 is 10.6 Å². The Labute approximate surface area is 136 Å². The van der Waals surface area contributed by atoms with Crippen molar-refractivity contribution in [2.75, 3.05) is 18.5 Å². The molecule has 1 saturated carbocycles. The van der Waals surface area contributed by atoms with Gasteiger partial charge in [-0.05, 0) is 30.5 Å². The summed E-state index contributed by atoms with van der Waals surface area (Å²) >= 11 is 1.25. The van der Waals surface area contributed by atoms with Gasteiger partial charge < -0.3 is 10.4 Å². The van der Waals surface area contributed by atoms with Gasteiger partial charge in [-0.1, -0.05) is 23.5 Å². The average Bonchev–Trinajstić information content (AvgIpc) is 3.20. The molecule has 2 amide bonds. The number of aliphatic hydroxyl groups is 1. The number of anilines is 1. The largest absolute Gasteiger partial charge is 0.396 e. The predicted molar refractivity (Wildman–Crippen MR) is 84.9 cm³/mol. The average molecular weight is 336 g/mol. The van der Waals surface area contributed by atoms with Crippen LogP contribution in [0.1, 0.15) is 23.4 Å². The van der Waals surface area contributed by atoms with E-state index in [1.54, 1.807) is 6.07 Å². The molecule has 1 heterocycles. The normalized spacial score (nSPS) is 15.2. The van der Waals surface area contributed by atoms with Crippen LogP contribution in [0, 0.1) is 11.2 Å². The lowest BCUT2D eigenvalue weighted by atomic mass is 10.1. The van der Waals surface area contributed by atoms with Crippen molar-refractivity contribution in [1.82, 2.24) is 15.5 Å². The lowest BCUT2D eigenvalue weighted by Gasteiger charge is -2.12. The highest BCUT2D eigenvalue weighted by Crippen LogP contribution is 2.44. The number of halogens is 1. The van der Waals surface area contributed by atoms with E-state index in [9.17, 15) is 14.3 Å².